The van der Waals surface area contributed by atoms with E-state index in [1.54, 1.807) is 0 Å². The van der Waals surface area contributed by atoms with Gasteiger partial charge in [-0.15, -0.1) is 0 Å². The van der Waals surface area contributed by atoms with Gasteiger partial charge >= 0.3 is 6.18 Å². The molecule has 14 heteroatoms. The smallest absolute Gasteiger partial charge is 0.374 e. The van der Waals surface area contributed by atoms with Gasteiger partial charge < -0.3 is 9.74 Å². The summed E-state index contributed by atoms with van der Waals surface area (Å²) >= 11 is 11.4. The van der Waals surface area contributed by atoms with E-state index in [-0.39, 0.29) is 29.9 Å². The molecule has 0 radical (unpaired) electrons. The molecule has 1 fully saturated rings. The van der Waals surface area contributed by atoms with Crippen molar-refractivity contribution in [2.75, 3.05) is 25.1 Å². The van der Waals surface area contributed by atoms with Crippen LogP contribution in [0, 0.1) is 5.82 Å². The fraction of sp³-hybridized carbons (Fsp3) is 0.364. The number of halogens is 7. The third-order valence-corrected chi connectivity index (χ3v) is 7.31. The molecule has 2 heterocycles. The number of nitrogens with zero attached hydrogens (tertiary/aromatic N) is 2. The van der Waals surface area contributed by atoms with Crippen LogP contribution < -0.4 is 0 Å². The highest BCUT2D eigenvalue weighted by Gasteiger charge is 2.62. The molecule has 0 aromatic heterocycles. The number of amides is 1. The zero-order valence-electron chi connectivity index (χ0n) is 18.4. The van der Waals surface area contributed by atoms with Gasteiger partial charge in [0.1, 0.15) is 5.75 Å². The zero-order chi connectivity index (χ0) is 26.7. The number of hydrogen-bond donors (Lipinski definition) is 0. The normalized spacial score (nSPS) is 21.6. The molecule has 4 rings (SSSR count). The molecule has 2 aliphatic rings. The third-order valence-electron chi connectivity index (χ3n) is 5.99. The maximum atomic E-state index is 15.2. The van der Waals surface area contributed by atoms with E-state index in [1.807, 2.05) is 0 Å². The maximum absolute atomic E-state index is 15.2. The van der Waals surface area contributed by atoms with E-state index < -0.39 is 66.8 Å². The maximum Gasteiger partial charge on any atom is 0.435 e. The van der Waals surface area contributed by atoms with Gasteiger partial charge in [-0.3, -0.25) is 4.79 Å². The van der Waals surface area contributed by atoms with Crippen molar-refractivity contribution in [1.82, 2.24) is 4.90 Å². The summed E-state index contributed by atoms with van der Waals surface area (Å²) in [6, 6.07) is 6.95. The number of carbonyl (C=O) groups excluding carboxylic acids is 1. The Kier molecular flexibility index (Phi) is 6.54. The second-order valence-corrected chi connectivity index (χ2v) is 11.7. The fourth-order valence-corrected chi connectivity index (χ4v) is 5.16. The highest BCUT2D eigenvalue weighted by atomic mass is 35.5. The van der Waals surface area contributed by atoms with Crippen LogP contribution in [0.5, 0.6) is 0 Å². The van der Waals surface area contributed by atoms with Crippen molar-refractivity contribution >= 4 is 44.7 Å². The van der Waals surface area contributed by atoms with Crippen LogP contribution in [0.25, 0.3) is 0 Å². The van der Waals surface area contributed by atoms with Gasteiger partial charge in [0.25, 0.3) is 5.60 Å². The molecule has 0 bridgehead atoms. The first-order valence-electron chi connectivity index (χ1n) is 10.3. The number of likely N-dealkylation sites (tertiary alicyclic amines) is 1. The zero-order valence-corrected chi connectivity index (χ0v) is 20.7. The summed E-state index contributed by atoms with van der Waals surface area (Å²) in [6.45, 7) is -0.706. The lowest BCUT2D eigenvalue weighted by atomic mass is 9.85. The lowest BCUT2D eigenvalue weighted by Crippen LogP contribution is -2.59. The van der Waals surface area contributed by atoms with Gasteiger partial charge in [0.05, 0.1) is 28.8 Å². The lowest BCUT2D eigenvalue weighted by molar-refractivity contribution is -0.275. The van der Waals surface area contributed by atoms with Crippen LogP contribution in [0.4, 0.5) is 22.0 Å². The minimum absolute atomic E-state index is 0.0954. The number of sulfone groups is 1. The van der Waals surface area contributed by atoms with Crippen LogP contribution in [-0.2, 0) is 30.7 Å². The molecule has 6 nitrogen and oxygen atoms in total. The lowest BCUT2D eigenvalue weighted by Gasteiger charge is -2.44. The number of hydrogen-bond acceptors (Lipinski definition) is 5. The minimum atomic E-state index is -4.97. The van der Waals surface area contributed by atoms with Crippen molar-refractivity contribution in [3.63, 3.8) is 0 Å². The highest BCUT2D eigenvalue weighted by molar-refractivity contribution is 7.91. The Morgan fingerprint density at radius 1 is 1.11 bits per heavy atom. The summed E-state index contributed by atoms with van der Waals surface area (Å²) in [5.74, 6) is -2.51. The molecule has 0 aliphatic carbocycles. The number of benzene rings is 2. The highest BCUT2D eigenvalue weighted by Crippen LogP contribution is 2.50. The Morgan fingerprint density at radius 2 is 1.67 bits per heavy atom. The fourth-order valence-electron chi connectivity index (χ4n) is 4.04. The molecule has 2 aromatic rings. The molecule has 2 aromatic carbocycles. The van der Waals surface area contributed by atoms with Crippen LogP contribution in [0.2, 0.25) is 10.0 Å². The Morgan fingerprint density at radius 3 is 2.17 bits per heavy atom. The molecule has 1 atom stereocenters. The second-order valence-electron chi connectivity index (χ2n) is 8.75. The van der Waals surface area contributed by atoms with Crippen LogP contribution in [-0.4, -0.2) is 56.2 Å². The minimum Gasteiger partial charge on any atom is -0.374 e. The van der Waals surface area contributed by atoms with E-state index in [0.29, 0.717) is 0 Å². The van der Waals surface area contributed by atoms with Gasteiger partial charge in [0, 0.05) is 18.2 Å². The molecular formula is C22H17Cl2F5N2O4S. The van der Waals surface area contributed by atoms with Gasteiger partial charge in [0.2, 0.25) is 5.91 Å². The van der Waals surface area contributed by atoms with Gasteiger partial charge in [-0.1, -0.05) is 52.6 Å². The Bertz CT molecular complexity index is 1340. The summed E-state index contributed by atoms with van der Waals surface area (Å²) in [6.07, 6.45) is -4.85. The Hall–Kier alpha value is -2.44. The van der Waals surface area contributed by atoms with Crippen LogP contribution in [0.3, 0.4) is 0 Å². The summed E-state index contributed by atoms with van der Waals surface area (Å²) in [5, 5.41) is 2.37. The quantitative estimate of drug-likeness (QED) is 0.383. The molecular weight excluding hydrogens is 554 g/mol. The molecule has 36 heavy (non-hydrogen) atoms. The number of carbonyl (C=O) groups is 1. The van der Waals surface area contributed by atoms with Crippen molar-refractivity contribution in [3.05, 3.63) is 69.0 Å². The second kappa shape index (κ2) is 8.84. The number of alkyl halides is 4. The average Bonchev–Trinajstić information content (AvgIpc) is 3.21. The van der Waals surface area contributed by atoms with Gasteiger partial charge in [-0.2, -0.15) is 13.2 Å². The van der Waals surface area contributed by atoms with Crippen LogP contribution in [0.15, 0.2) is 41.6 Å². The van der Waals surface area contributed by atoms with E-state index in [4.69, 9.17) is 28.0 Å². The van der Waals surface area contributed by atoms with E-state index >= 15 is 4.39 Å². The molecule has 1 saturated heterocycles. The molecule has 0 unspecified atom stereocenters. The van der Waals surface area contributed by atoms with E-state index in [0.717, 1.165) is 23.3 Å². The van der Waals surface area contributed by atoms with Crippen molar-refractivity contribution in [2.45, 2.75) is 23.9 Å². The molecule has 0 saturated carbocycles. The molecule has 1 amide bonds. The van der Waals surface area contributed by atoms with Gasteiger partial charge in [0.15, 0.2) is 21.3 Å². The van der Waals surface area contributed by atoms with E-state index in [1.165, 1.54) is 24.3 Å². The summed E-state index contributed by atoms with van der Waals surface area (Å²) in [5.41, 5.74) is -5.14. The van der Waals surface area contributed by atoms with Crippen LogP contribution >= 0.6 is 23.2 Å². The van der Waals surface area contributed by atoms with Gasteiger partial charge in [-0.25, -0.2) is 17.2 Å². The molecule has 0 spiro atoms. The number of oxime groups is 1. The van der Waals surface area contributed by atoms with Crippen molar-refractivity contribution in [2.24, 2.45) is 5.16 Å². The van der Waals surface area contributed by atoms with Crippen LogP contribution in [0.1, 0.15) is 23.1 Å². The largest absolute Gasteiger partial charge is 0.435 e. The number of rotatable bonds is 5. The predicted molar refractivity (Wildman–Crippen MR) is 122 cm³/mol. The summed E-state index contributed by atoms with van der Waals surface area (Å²) in [4.78, 5) is 17.9. The first-order valence-corrected chi connectivity index (χ1v) is 13.1. The SMILES string of the molecule is CS(=O)(=O)CC(=O)N1CC(F)(c2ccc(C3=NO[C@@](c4cc(Cl)c(F)c(Cl)c4)(C(F)(F)F)C3)cc2)C1. The Balaban J connectivity index is 1.52. The standard InChI is InChI=1S/C22H17Cl2F5N2O4S/c1-36(33,34)9-18(32)31-10-20(26,11-31)13-4-2-12(3-5-13)17-8-21(35-30-17,22(27,28)29)14-6-15(23)19(25)16(24)7-14/h2-7H,8-11H2,1H3/t21-/m0/s1. The third kappa shape index (κ3) is 4.78. The van der Waals surface area contributed by atoms with E-state index in [2.05, 4.69) is 5.16 Å². The van der Waals surface area contributed by atoms with Crippen molar-refractivity contribution in [3.8, 4) is 0 Å². The summed E-state index contributed by atoms with van der Waals surface area (Å²) < 4.78 is 93.9. The Labute approximate surface area is 212 Å². The van der Waals surface area contributed by atoms with E-state index in [9.17, 15) is 30.8 Å². The topological polar surface area (TPSA) is 76.0 Å². The van der Waals surface area contributed by atoms with Crippen molar-refractivity contribution < 1.29 is 40.0 Å². The molecule has 2 aliphatic heterocycles. The monoisotopic (exact) mass is 570 g/mol. The first-order chi connectivity index (χ1) is 16.5. The predicted octanol–water partition coefficient (Wildman–Crippen LogP) is 4.77. The average molecular weight is 571 g/mol. The summed E-state index contributed by atoms with van der Waals surface area (Å²) in [7, 11) is -3.56. The molecule has 194 valence electrons. The first kappa shape index (κ1) is 26.6. The van der Waals surface area contributed by atoms with Gasteiger partial charge in [-0.05, 0) is 23.3 Å². The van der Waals surface area contributed by atoms with Crippen molar-refractivity contribution in [1.29, 1.82) is 0 Å². The molecule has 0 N–H and O–H groups in total.